The van der Waals surface area contributed by atoms with Gasteiger partial charge in [-0.2, -0.15) is 0 Å². The van der Waals surface area contributed by atoms with Gasteiger partial charge in [0.25, 0.3) is 0 Å². The highest BCUT2D eigenvalue weighted by Crippen LogP contribution is 2.32. The summed E-state index contributed by atoms with van der Waals surface area (Å²) in [5, 5.41) is 0. The zero-order valence-corrected chi connectivity index (χ0v) is 13.3. The van der Waals surface area contributed by atoms with Crippen LogP contribution >= 0.6 is 0 Å². The minimum absolute atomic E-state index is 0.0381. The molecular formula is C18H22O3. The summed E-state index contributed by atoms with van der Waals surface area (Å²) in [5.41, 5.74) is 1.64. The lowest BCUT2D eigenvalue weighted by Crippen LogP contribution is -2.09. The van der Waals surface area contributed by atoms with Crippen LogP contribution in [0.3, 0.4) is 0 Å². The van der Waals surface area contributed by atoms with E-state index in [0.29, 0.717) is 5.56 Å². The first kappa shape index (κ1) is 15.4. The zero-order valence-electron chi connectivity index (χ0n) is 13.3. The molecule has 112 valence electrons. The minimum atomic E-state index is -0.0381. The van der Waals surface area contributed by atoms with Crippen LogP contribution < -0.4 is 4.74 Å². The maximum absolute atomic E-state index is 12.3. The fourth-order valence-corrected chi connectivity index (χ4v) is 2.24. The van der Waals surface area contributed by atoms with Crippen LogP contribution in [0.25, 0.3) is 11.3 Å². The molecule has 3 heteroatoms. The van der Waals surface area contributed by atoms with Crippen molar-refractivity contribution in [3.05, 3.63) is 41.7 Å². The van der Waals surface area contributed by atoms with Gasteiger partial charge >= 0.3 is 0 Å². The van der Waals surface area contributed by atoms with Crippen molar-refractivity contribution in [3.8, 4) is 17.1 Å². The topological polar surface area (TPSA) is 39.4 Å². The molecule has 0 atom stereocenters. The van der Waals surface area contributed by atoms with Gasteiger partial charge in [0.2, 0.25) is 0 Å². The predicted octanol–water partition coefficient (Wildman–Crippen LogP) is 4.92. The van der Waals surface area contributed by atoms with E-state index in [1.165, 1.54) is 0 Å². The Morgan fingerprint density at radius 1 is 1.10 bits per heavy atom. The molecule has 0 fully saturated rings. The van der Waals surface area contributed by atoms with E-state index >= 15 is 0 Å². The molecule has 21 heavy (non-hydrogen) atoms. The molecule has 1 aromatic heterocycles. The standard InChI is InChI=1S/C18H22O3/c1-11(2)17(19)15-10-16(21-18(15)12(3)4)13-6-8-14(20-5)9-7-13/h6-12H,1-5H3. The molecule has 0 aliphatic carbocycles. The van der Waals surface area contributed by atoms with Gasteiger partial charge < -0.3 is 9.15 Å². The second-order valence-electron chi connectivity index (χ2n) is 5.79. The summed E-state index contributed by atoms with van der Waals surface area (Å²) in [4.78, 5) is 12.3. The molecule has 3 nitrogen and oxygen atoms in total. The molecule has 0 saturated carbocycles. The number of benzene rings is 1. The summed E-state index contributed by atoms with van der Waals surface area (Å²) >= 11 is 0. The molecule has 0 radical (unpaired) electrons. The number of ether oxygens (including phenoxy) is 1. The van der Waals surface area contributed by atoms with Crippen molar-refractivity contribution in [1.29, 1.82) is 0 Å². The number of hydrogen-bond acceptors (Lipinski definition) is 3. The Balaban J connectivity index is 2.45. The van der Waals surface area contributed by atoms with Gasteiger partial charge in [-0.1, -0.05) is 27.7 Å². The van der Waals surface area contributed by atoms with Crippen molar-refractivity contribution >= 4 is 5.78 Å². The van der Waals surface area contributed by atoms with Crippen LogP contribution in [0.5, 0.6) is 5.75 Å². The quantitative estimate of drug-likeness (QED) is 0.732. The van der Waals surface area contributed by atoms with Gasteiger partial charge in [0.1, 0.15) is 17.3 Å². The lowest BCUT2D eigenvalue weighted by molar-refractivity contribution is 0.0937. The van der Waals surface area contributed by atoms with Crippen molar-refractivity contribution in [1.82, 2.24) is 0 Å². The molecule has 0 unspecified atom stereocenters. The number of furan rings is 1. The highest BCUT2D eigenvalue weighted by Gasteiger charge is 2.22. The highest BCUT2D eigenvalue weighted by atomic mass is 16.5. The lowest BCUT2D eigenvalue weighted by atomic mass is 9.97. The van der Waals surface area contributed by atoms with E-state index in [4.69, 9.17) is 9.15 Å². The van der Waals surface area contributed by atoms with Gasteiger partial charge in [0, 0.05) is 17.4 Å². The van der Waals surface area contributed by atoms with E-state index in [-0.39, 0.29) is 17.6 Å². The smallest absolute Gasteiger partial charge is 0.168 e. The van der Waals surface area contributed by atoms with E-state index in [2.05, 4.69) is 0 Å². The summed E-state index contributed by atoms with van der Waals surface area (Å²) in [7, 11) is 1.64. The SMILES string of the molecule is COc1ccc(-c2cc(C(=O)C(C)C)c(C(C)C)o2)cc1. The number of Topliss-reactive ketones (excluding diaryl/α,β-unsaturated/α-hetero) is 1. The Morgan fingerprint density at radius 3 is 2.19 bits per heavy atom. The van der Waals surface area contributed by atoms with E-state index in [1.54, 1.807) is 7.11 Å². The van der Waals surface area contributed by atoms with Gasteiger partial charge in [-0.25, -0.2) is 0 Å². The Hall–Kier alpha value is -2.03. The summed E-state index contributed by atoms with van der Waals surface area (Å²) < 4.78 is 11.1. The van der Waals surface area contributed by atoms with Crippen molar-refractivity contribution in [3.63, 3.8) is 0 Å². The van der Waals surface area contributed by atoms with Crippen LogP contribution in [0.4, 0.5) is 0 Å². The van der Waals surface area contributed by atoms with E-state index in [0.717, 1.165) is 22.8 Å². The fourth-order valence-electron chi connectivity index (χ4n) is 2.24. The molecule has 0 saturated heterocycles. The largest absolute Gasteiger partial charge is 0.497 e. The third-order valence-corrected chi connectivity index (χ3v) is 3.45. The average molecular weight is 286 g/mol. The van der Waals surface area contributed by atoms with E-state index in [9.17, 15) is 4.79 Å². The minimum Gasteiger partial charge on any atom is -0.497 e. The van der Waals surface area contributed by atoms with Crippen LogP contribution in [0.1, 0.15) is 49.7 Å². The molecule has 0 amide bonds. The molecule has 0 N–H and O–H groups in total. The van der Waals surface area contributed by atoms with Crippen molar-refractivity contribution in [2.24, 2.45) is 5.92 Å². The maximum atomic E-state index is 12.3. The number of carbonyl (C=O) groups is 1. The van der Waals surface area contributed by atoms with Crippen LogP contribution in [0.2, 0.25) is 0 Å². The van der Waals surface area contributed by atoms with Gasteiger partial charge in [0.05, 0.1) is 12.7 Å². The van der Waals surface area contributed by atoms with E-state index < -0.39 is 0 Å². The fraction of sp³-hybridized carbons (Fsp3) is 0.389. The number of ketones is 1. The van der Waals surface area contributed by atoms with Crippen LogP contribution in [-0.2, 0) is 0 Å². The number of hydrogen-bond donors (Lipinski definition) is 0. The molecule has 0 bridgehead atoms. The monoisotopic (exact) mass is 286 g/mol. The first-order valence-electron chi connectivity index (χ1n) is 7.26. The second-order valence-corrected chi connectivity index (χ2v) is 5.79. The Kier molecular flexibility index (Phi) is 4.51. The van der Waals surface area contributed by atoms with Gasteiger partial charge in [-0.3, -0.25) is 4.79 Å². The second kappa shape index (κ2) is 6.17. The van der Waals surface area contributed by atoms with Crippen LogP contribution in [0, 0.1) is 5.92 Å². The third kappa shape index (κ3) is 3.18. The Morgan fingerprint density at radius 2 is 1.71 bits per heavy atom. The van der Waals surface area contributed by atoms with Crippen molar-refractivity contribution in [2.45, 2.75) is 33.6 Å². The normalized spacial score (nSPS) is 11.2. The molecule has 2 aromatic rings. The van der Waals surface area contributed by atoms with E-state index in [1.807, 2.05) is 58.0 Å². The maximum Gasteiger partial charge on any atom is 0.168 e. The molecular weight excluding hydrogens is 264 g/mol. The molecule has 0 aliphatic rings. The number of carbonyl (C=O) groups excluding carboxylic acids is 1. The molecule has 1 heterocycles. The molecule has 1 aromatic carbocycles. The Labute approximate surface area is 125 Å². The first-order valence-corrected chi connectivity index (χ1v) is 7.26. The highest BCUT2D eigenvalue weighted by molar-refractivity contribution is 5.99. The molecule has 0 aliphatic heterocycles. The molecule has 2 rings (SSSR count). The lowest BCUT2D eigenvalue weighted by Gasteiger charge is -2.06. The zero-order chi connectivity index (χ0) is 15.6. The summed E-state index contributed by atoms with van der Waals surface area (Å²) in [6, 6.07) is 9.50. The van der Waals surface area contributed by atoms with Gasteiger partial charge in [0.15, 0.2) is 5.78 Å². The number of rotatable bonds is 5. The number of methoxy groups -OCH3 is 1. The summed E-state index contributed by atoms with van der Waals surface area (Å²) in [6.07, 6.45) is 0. The molecule has 0 spiro atoms. The summed E-state index contributed by atoms with van der Waals surface area (Å²) in [5.74, 6) is 2.55. The first-order chi connectivity index (χ1) is 9.93. The van der Waals surface area contributed by atoms with Crippen molar-refractivity contribution in [2.75, 3.05) is 7.11 Å². The van der Waals surface area contributed by atoms with Crippen molar-refractivity contribution < 1.29 is 13.9 Å². The predicted molar refractivity (Wildman–Crippen MR) is 84.0 cm³/mol. The van der Waals surface area contributed by atoms with Crippen LogP contribution in [-0.4, -0.2) is 12.9 Å². The van der Waals surface area contributed by atoms with Crippen LogP contribution in [0.15, 0.2) is 34.7 Å². The third-order valence-electron chi connectivity index (χ3n) is 3.45. The average Bonchev–Trinajstić information content (AvgIpc) is 2.91. The Bertz CT molecular complexity index is 618. The summed E-state index contributed by atoms with van der Waals surface area (Å²) in [6.45, 7) is 7.89. The van der Waals surface area contributed by atoms with Gasteiger partial charge in [-0.15, -0.1) is 0 Å². The van der Waals surface area contributed by atoms with Gasteiger partial charge in [-0.05, 0) is 30.3 Å².